The van der Waals surface area contributed by atoms with E-state index in [1.165, 1.54) is 36.4 Å². The van der Waals surface area contributed by atoms with Gasteiger partial charge in [-0.05, 0) is 42.5 Å². The molecule has 3 fully saturated rings. The van der Waals surface area contributed by atoms with Crippen LogP contribution in [0.2, 0.25) is 10.0 Å². The van der Waals surface area contributed by atoms with Crippen LogP contribution in [0.15, 0.2) is 42.5 Å². The molecule has 192 valence electrons. The zero-order valence-corrected chi connectivity index (χ0v) is 23.4. The van der Waals surface area contributed by atoms with Crippen LogP contribution in [0.3, 0.4) is 0 Å². The van der Waals surface area contributed by atoms with Crippen molar-refractivity contribution in [3.05, 3.63) is 73.8 Å². The molecule has 2 bridgehead atoms. The van der Waals surface area contributed by atoms with Crippen molar-refractivity contribution in [2.75, 3.05) is 6.54 Å². The molecule has 6 atom stereocenters. The van der Waals surface area contributed by atoms with E-state index >= 15 is 0 Å². The highest BCUT2D eigenvalue weighted by molar-refractivity contribution is 9.12. The van der Waals surface area contributed by atoms with E-state index in [9.17, 15) is 29.3 Å². The molecule has 1 heterocycles. The van der Waals surface area contributed by atoms with Gasteiger partial charge in [0.2, 0.25) is 0 Å². The van der Waals surface area contributed by atoms with E-state index in [2.05, 4.69) is 31.9 Å². The summed E-state index contributed by atoms with van der Waals surface area (Å²) in [4.78, 5) is 64.8. The molecule has 37 heavy (non-hydrogen) atoms. The predicted octanol–water partition coefficient (Wildman–Crippen LogP) is 4.92. The molecule has 9 nitrogen and oxygen atoms in total. The lowest BCUT2D eigenvalue weighted by Crippen LogP contribution is -2.52. The molecule has 13 heteroatoms. The van der Waals surface area contributed by atoms with Gasteiger partial charge in [-0.2, -0.15) is 5.01 Å². The maximum absolute atomic E-state index is 13.7. The second kappa shape index (κ2) is 9.76. The fourth-order valence-corrected chi connectivity index (χ4v) is 8.03. The Morgan fingerprint density at radius 3 is 2.22 bits per heavy atom. The number of benzene rings is 2. The Bertz CT molecular complexity index is 1340. The molecule has 3 aliphatic rings. The zero-order valence-electron chi connectivity index (χ0n) is 18.7. The summed E-state index contributed by atoms with van der Waals surface area (Å²) in [6, 6.07) is 9.08. The van der Waals surface area contributed by atoms with Crippen molar-refractivity contribution >= 4 is 84.3 Å². The molecule has 1 aliphatic heterocycles. The number of imide groups is 1. The molecule has 2 aromatic rings. The summed E-state index contributed by atoms with van der Waals surface area (Å²) in [7, 11) is 0. The molecule has 0 N–H and O–H groups in total. The number of rotatable bonds is 6. The van der Waals surface area contributed by atoms with E-state index in [1.807, 2.05) is 0 Å². The van der Waals surface area contributed by atoms with Gasteiger partial charge < -0.3 is 0 Å². The highest BCUT2D eigenvalue weighted by atomic mass is 79.9. The first-order chi connectivity index (χ1) is 17.5. The first-order valence-electron chi connectivity index (χ1n) is 11.2. The fourth-order valence-electron chi connectivity index (χ4n) is 5.64. The molecule has 1 saturated heterocycles. The molecule has 0 aromatic heterocycles. The van der Waals surface area contributed by atoms with Gasteiger partial charge in [0.15, 0.2) is 5.78 Å². The van der Waals surface area contributed by atoms with Crippen LogP contribution in [0.1, 0.15) is 27.1 Å². The average Bonchev–Trinajstić information content (AvgIpc) is 3.47. The van der Waals surface area contributed by atoms with Gasteiger partial charge in [0, 0.05) is 37.9 Å². The summed E-state index contributed by atoms with van der Waals surface area (Å²) in [6.07, 6.45) is 0.685. The summed E-state index contributed by atoms with van der Waals surface area (Å²) >= 11 is 19.4. The number of amides is 3. The normalized spacial score (nSPS) is 27.9. The van der Waals surface area contributed by atoms with Gasteiger partial charge in [0.1, 0.15) is 6.54 Å². The van der Waals surface area contributed by atoms with Crippen molar-refractivity contribution in [2.45, 2.75) is 16.1 Å². The number of alkyl halides is 2. The van der Waals surface area contributed by atoms with Gasteiger partial charge in [0.25, 0.3) is 23.4 Å². The van der Waals surface area contributed by atoms with Gasteiger partial charge in [-0.3, -0.25) is 29.3 Å². The lowest BCUT2D eigenvalue weighted by molar-refractivity contribution is -0.384. The number of nitro benzene ring substituents is 1. The van der Waals surface area contributed by atoms with Crippen LogP contribution in [0.5, 0.6) is 0 Å². The number of halogens is 4. The smallest absolute Gasteiger partial charge is 0.273 e. The Morgan fingerprint density at radius 2 is 1.65 bits per heavy atom. The highest BCUT2D eigenvalue weighted by Crippen LogP contribution is 2.60. The summed E-state index contributed by atoms with van der Waals surface area (Å²) in [5.74, 6) is -4.18. The lowest BCUT2D eigenvalue weighted by atomic mass is 9.81. The minimum Gasteiger partial charge on any atom is -0.292 e. The second-order valence-corrected chi connectivity index (χ2v) is 12.2. The first kappa shape index (κ1) is 26.3. The minimum atomic E-state index is -0.901. The number of hydrazine groups is 1. The first-order valence-corrected chi connectivity index (χ1v) is 13.8. The maximum atomic E-state index is 13.7. The molecule has 0 unspecified atom stereocenters. The summed E-state index contributed by atoms with van der Waals surface area (Å²) in [5, 5.41) is 13.2. The molecule has 0 radical (unpaired) electrons. The standard InChI is InChI=1S/C24H17Br2Cl2N3O6/c25-20-14-8-15(21(20)26)19-18(14)23(34)30(24(19)35)29(9-17(32)13-5-4-11(27)7-16(13)28)22(33)10-2-1-3-12(6-10)31(36)37/h1-7,14-15,18-21H,8-9H2/t14-,15-,18-,19-,20-,21+/m1/s1. The van der Waals surface area contributed by atoms with Crippen LogP contribution in [0.4, 0.5) is 5.69 Å². The van der Waals surface area contributed by atoms with Crippen LogP contribution < -0.4 is 0 Å². The van der Waals surface area contributed by atoms with Crippen molar-refractivity contribution < 1.29 is 24.1 Å². The van der Waals surface area contributed by atoms with Crippen LogP contribution in [-0.4, -0.2) is 54.6 Å². The Balaban J connectivity index is 1.54. The van der Waals surface area contributed by atoms with Crippen LogP contribution >= 0.6 is 55.1 Å². The van der Waals surface area contributed by atoms with Gasteiger partial charge in [-0.15, -0.1) is 0 Å². The fraction of sp³-hybridized carbons (Fsp3) is 0.333. The number of hydrogen-bond donors (Lipinski definition) is 0. The SMILES string of the molecule is O=C(CN(C(=O)c1cccc([N+](=O)[O-])c1)N1C(=O)[C@@H]2[C@H]3C[C@@H]([C@@H](Br)[C@H]3Br)[C@H]2C1=O)c1ccc(Cl)cc1Cl. The number of nitro groups is 1. The van der Waals surface area contributed by atoms with E-state index in [-0.39, 0.29) is 43.3 Å². The summed E-state index contributed by atoms with van der Waals surface area (Å²) in [6.45, 7) is -0.690. The topological polar surface area (TPSA) is 118 Å². The number of carbonyl (C=O) groups excluding carboxylic acids is 4. The van der Waals surface area contributed by atoms with E-state index in [0.717, 1.165) is 16.1 Å². The molecule has 5 rings (SSSR count). The second-order valence-electron chi connectivity index (χ2n) is 9.21. The van der Waals surface area contributed by atoms with Gasteiger partial charge in [0.05, 0.1) is 21.8 Å². The minimum absolute atomic E-state index is 0.0223. The molecule has 2 aromatic carbocycles. The largest absolute Gasteiger partial charge is 0.292 e. The van der Waals surface area contributed by atoms with Crippen molar-refractivity contribution in [1.82, 2.24) is 10.0 Å². The predicted molar refractivity (Wildman–Crippen MR) is 141 cm³/mol. The Hall–Kier alpha value is -2.34. The third-order valence-corrected chi connectivity index (χ3v) is 11.0. The van der Waals surface area contributed by atoms with E-state index in [0.29, 0.717) is 11.4 Å². The van der Waals surface area contributed by atoms with Crippen LogP contribution in [0.25, 0.3) is 0 Å². The van der Waals surface area contributed by atoms with E-state index < -0.39 is 46.8 Å². The van der Waals surface area contributed by atoms with Gasteiger partial charge in [-0.25, -0.2) is 5.01 Å². The third-order valence-electron chi connectivity index (χ3n) is 7.27. The van der Waals surface area contributed by atoms with E-state index in [4.69, 9.17) is 23.2 Å². The Morgan fingerprint density at radius 1 is 1.03 bits per heavy atom. The highest BCUT2D eigenvalue weighted by Gasteiger charge is 2.67. The van der Waals surface area contributed by atoms with Crippen molar-refractivity contribution in [1.29, 1.82) is 0 Å². The maximum Gasteiger partial charge on any atom is 0.273 e. The van der Waals surface area contributed by atoms with Gasteiger partial charge >= 0.3 is 0 Å². The van der Waals surface area contributed by atoms with Crippen molar-refractivity contribution in [2.24, 2.45) is 23.7 Å². The number of hydrogen-bond acceptors (Lipinski definition) is 6. The average molecular weight is 674 g/mol. The number of fused-ring (bicyclic) bond motifs is 5. The zero-order chi connectivity index (χ0) is 26.8. The molecule has 2 aliphatic carbocycles. The molecular formula is C24H17Br2Cl2N3O6. The quantitative estimate of drug-likeness (QED) is 0.141. The molecular weight excluding hydrogens is 657 g/mol. The lowest BCUT2D eigenvalue weighted by Gasteiger charge is -2.31. The van der Waals surface area contributed by atoms with Crippen molar-refractivity contribution in [3.63, 3.8) is 0 Å². The Labute approximate surface area is 237 Å². The number of Topliss-reactive ketones (excluding diaryl/α,β-unsaturated/α-hetero) is 1. The van der Waals surface area contributed by atoms with Crippen molar-refractivity contribution in [3.8, 4) is 0 Å². The molecule has 2 saturated carbocycles. The molecule has 0 spiro atoms. The third kappa shape index (κ3) is 4.29. The number of nitrogens with zero attached hydrogens (tertiary/aromatic N) is 3. The summed E-state index contributed by atoms with van der Waals surface area (Å²) in [5.41, 5.74) is -0.457. The van der Waals surface area contributed by atoms with E-state index in [1.54, 1.807) is 0 Å². The van der Waals surface area contributed by atoms with Gasteiger partial charge in [-0.1, -0.05) is 61.1 Å². The monoisotopic (exact) mass is 671 g/mol. The van der Waals surface area contributed by atoms with Crippen LogP contribution in [-0.2, 0) is 9.59 Å². The molecule has 3 amide bonds. The number of ketones is 1. The summed E-state index contributed by atoms with van der Waals surface area (Å²) < 4.78 is 0. The number of carbonyl (C=O) groups is 4. The van der Waals surface area contributed by atoms with Crippen LogP contribution in [0, 0.1) is 33.8 Å². The Kier molecular flexibility index (Phi) is 6.93. The number of non-ortho nitro benzene ring substituents is 1.